The van der Waals surface area contributed by atoms with Crippen LogP contribution in [-0.2, 0) is 19.0 Å². The van der Waals surface area contributed by atoms with E-state index in [0.717, 1.165) is 58.0 Å². The van der Waals surface area contributed by atoms with E-state index in [2.05, 4.69) is 13.8 Å². The fourth-order valence-electron chi connectivity index (χ4n) is 3.00. The van der Waals surface area contributed by atoms with Gasteiger partial charge in [0.1, 0.15) is 6.10 Å². The van der Waals surface area contributed by atoms with E-state index in [0.29, 0.717) is 19.6 Å². The number of rotatable bonds is 18. The number of aliphatic hydroxyl groups is 1. The molecule has 0 aromatic rings. The van der Waals surface area contributed by atoms with Gasteiger partial charge in [0.2, 0.25) is 0 Å². The maximum absolute atomic E-state index is 12.3. The standard InChI is InChI=1S/C21H40O5/c1-3-5-7-9-13-18(12-6-4-2)21(23)24-15-11-8-10-14-20(22)26-17-19-16-25-19/h18-20,22H,3-17H2,1-2H3. The number of carbonyl (C=O) groups excluding carboxylic acids is 1. The van der Waals surface area contributed by atoms with E-state index >= 15 is 0 Å². The summed E-state index contributed by atoms with van der Waals surface area (Å²) in [5, 5.41) is 9.68. The second-order valence-electron chi connectivity index (χ2n) is 7.45. The van der Waals surface area contributed by atoms with Crippen LogP contribution in [0.5, 0.6) is 0 Å². The topological polar surface area (TPSA) is 68.3 Å². The lowest BCUT2D eigenvalue weighted by molar-refractivity contribution is -0.149. The summed E-state index contributed by atoms with van der Waals surface area (Å²) in [6, 6.07) is 0. The highest BCUT2D eigenvalue weighted by atomic mass is 16.6. The number of hydrogen-bond donors (Lipinski definition) is 1. The van der Waals surface area contributed by atoms with Crippen molar-refractivity contribution in [3.63, 3.8) is 0 Å². The van der Waals surface area contributed by atoms with E-state index in [1.165, 1.54) is 19.3 Å². The van der Waals surface area contributed by atoms with Crippen molar-refractivity contribution in [2.24, 2.45) is 5.92 Å². The van der Waals surface area contributed by atoms with Crippen LogP contribution >= 0.6 is 0 Å². The molecule has 0 aromatic carbocycles. The van der Waals surface area contributed by atoms with Gasteiger partial charge in [-0.3, -0.25) is 4.79 Å². The smallest absolute Gasteiger partial charge is 0.308 e. The molecule has 1 heterocycles. The molecule has 1 aliphatic rings. The molecule has 5 nitrogen and oxygen atoms in total. The zero-order valence-corrected chi connectivity index (χ0v) is 16.9. The molecule has 3 unspecified atom stereocenters. The first kappa shape index (κ1) is 23.4. The molecule has 154 valence electrons. The third-order valence-corrected chi connectivity index (χ3v) is 4.86. The predicted molar refractivity (Wildman–Crippen MR) is 103 cm³/mol. The largest absolute Gasteiger partial charge is 0.465 e. The Kier molecular flexibility index (Phi) is 13.9. The van der Waals surface area contributed by atoms with Crippen molar-refractivity contribution in [2.75, 3.05) is 19.8 Å². The highest BCUT2D eigenvalue weighted by molar-refractivity contribution is 5.72. The lowest BCUT2D eigenvalue weighted by Crippen LogP contribution is -2.19. The molecule has 0 amide bonds. The molecule has 1 N–H and O–H groups in total. The van der Waals surface area contributed by atoms with E-state index in [9.17, 15) is 9.90 Å². The third-order valence-electron chi connectivity index (χ3n) is 4.86. The number of unbranched alkanes of at least 4 members (excludes halogenated alkanes) is 6. The van der Waals surface area contributed by atoms with Gasteiger partial charge in [0.05, 0.1) is 25.7 Å². The SMILES string of the molecule is CCCCCCC(CCCC)C(=O)OCCCCCC(O)OCC1CO1. The van der Waals surface area contributed by atoms with Crippen LogP contribution in [0.15, 0.2) is 0 Å². The molecule has 1 saturated heterocycles. The molecule has 1 fully saturated rings. The van der Waals surface area contributed by atoms with Crippen molar-refractivity contribution in [3.8, 4) is 0 Å². The van der Waals surface area contributed by atoms with Crippen LogP contribution in [0.4, 0.5) is 0 Å². The van der Waals surface area contributed by atoms with Gasteiger partial charge in [0, 0.05) is 0 Å². The van der Waals surface area contributed by atoms with Crippen molar-refractivity contribution >= 4 is 5.97 Å². The molecule has 0 bridgehead atoms. The second kappa shape index (κ2) is 15.4. The van der Waals surface area contributed by atoms with Gasteiger partial charge in [-0.2, -0.15) is 0 Å². The van der Waals surface area contributed by atoms with E-state index in [-0.39, 0.29) is 18.0 Å². The van der Waals surface area contributed by atoms with Crippen molar-refractivity contribution in [1.29, 1.82) is 0 Å². The van der Waals surface area contributed by atoms with Gasteiger partial charge in [-0.15, -0.1) is 0 Å². The first-order valence-electron chi connectivity index (χ1n) is 10.7. The highest BCUT2D eigenvalue weighted by Crippen LogP contribution is 2.19. The molecule has 0 aliphatic carbocycles. The Balaban J connectivity index is 2.04. The summed E-state index contributed by atoms with van der Waals surface area (Å²) in [4.78, 5) is 12.3. The predicted octanol–water partition coefficient (Wildman–Crippen LogP) is 4.60. The monoisotopic (exact) mass is 372 g/mol. The summed E-state index contributed by atoms with van der Waals surface area (Å²) in [5.74, 6) is 0.0643. The fourth-order valence-corrected chi connectivity index (χ4v) is 3.00. The zero-order valence-electron chi connectivity index (χ0n) is 16.9. The quantitative estimate of drug-likeness (QED) is 0.165. The van der Waals surface area contributed by atoms with Gasteiger partial charge in [-0.25, -0.2) is 0 Å². The fraction of sp³-hybridized carbons (Fsp3) is 0.952. The minimum Gasteiger partial charge on any atom is -0.465 e. The average Bonchev–Trinajstić information content (AvgIpc) is 3.46. The molecule has 5 heteroatoms. The first-order chi connectivity index (χ1) is 12.7. The Hall–Kier alpha value is -0.650. The number of carbonyl (C=O) groups is 1. The Morgan fingerprint density at radius 1 is 1.00 bits per heavy atom. The minimum atomic E-state index is -0.705. The van der Waals surface area contributed by atoms with Gasteiger partial charge in [0.15, 0.2) is 6.29 Å². The lowest BCUT2D eigenvalue weighted by atomic mass is 9.95. The molecular weight excluding hydrogens is 332 g/mol. The Bertz CT molecular complexity index is 343. The number of hydrogen-bond acceptors (Lipinski definition) is 5. The maximum atomic E-state index is 12.3. The lowest BCUT2D eigenvalue weighted by Gasteiger charge is -2.16. The molecule has 0 radical (unpaired) electrons. The van der Waals surface area contributed by atoms with Gasteiger partial charge in [-0.1, -0.05) is 52.4 Å². The van der Waals surface area contributed by atoms with Crippen LogP contribution in [0.25, 0.3) is 0 Å². The minimum absolute atomic E-state index is 0.0113. The van der Waals surface area contributed by atoms with Crippen LogP contribution < -0.4 is 0 Å². The summed E-state index contributed by atoms with van der Waals surface area (Å²) in [6.45, 7) is 6.08. The van der Waals surface area contributed by atoms with Gasteiger partial charge < -0.3 is 19.3 Å². The van der Waals surface area contributed by atoms with Gasteiger partial charge in [-0.05, 0) is 38.5 Å². The van der Waals surface area contributed by atoms with Gasteiger partial charge >= 0.3 is 5.97 Å². The summed E-state index contributed by atoms with van der Waals surface area (Å²) in [6.07, 6.45) is 11.7. The van der Waals surface area contributed by atoms with Crippen LogP contribution in [0.3, 0.4) is 0 Å². The summed E-state index contributed by atoms with van der Waals surface area (Å²) in [5.41, 5.74) is 0. The number of esters is 1. The number of epoxide rings is 1. The second-order valence-corrected chi connectivity index (χ2v) is 7.45. The molecule has 0 saturated carbocycles. The molecule has 26 heavy (non-hydrogen) atoms. The van der Waals surface area contributed by atoms with Crippen LogP contribution in [-0.4, -0.2) is 43.3 Å². The normalized spacial score (nSPS) is 18.5. The molecule has 1 aliphatic heterocycles. The van der Waals surface area contributed by atoms with Crippen LogP contribution in [0.1, 0.15) is 90.9 Å². The van der Waals surface area contributed by atoms with Crippen molar-refractivity contribution in [1.82, 2.24) is 0 Å². The molecular formula is C21H40O5. The summed E-state index contributed by atoms with van der Waals surface area (Å²) >= 11 is 0. The zero-order chi connectivity index (χ0) is 19.0. The Labute approximate surface area is 159 Å². The van der Waals surface area contributed by atoms with Crippen molar-refractivity contribution in [2.45, 2.75) is 103 Å². The molecule has 0 spiro atoms. The van der Waals surface area contributed by atoms with Crippen molar-refractivity contribution in [3.05, 3.63) is 0 Å². The maximum Gasteiger partial charge on any atom is 0.308 e. The molecule has 0 aromatic heterocycles. The third kappa shape index (κ3) is 12.7. The summed E-state index contributed by atoms with van der Waals surface area (Å²) < 4.78 is 15.8. The first-order valence-corrected chi connectivity index (χ1v) is 10.7. The van der Waals surface area contributed by atoms with Gasteiger partial charge in [0.25, 0.3) is 0 Å². The molecule has 3 atom stereocenters. The van der Waals surface area contributed by atoms with E-state index in [4.69, 9.17) is 14.2 Å². The highest BCUT2D eigenvalue weighted by Gasteiger charge is 2.23. The van der Waals surface area contributed by atoms with Crippen LogP contribution in [0.2, 0.25) is 0 Å². The Morgan fingerprint density at radius 3 is 2.35 bits per heavy atom. The summed E-state index contributed by atoms with van der Waals surface area (Å²) in [7, 11) is 0. The number of aliphatic hydroxyl groups excluding tert-OH is 1. The van der Waals surface area contributed by atoms with Crippen LogP contribution in [0, 0.1) is 5.92 Å². The van der Waals surface area contributed by atoms with E-state index in [1.54, 1.807) is 0 Å². The Morgan fingerprint density at radius 2 is 1.65 bits per heavy atom. The number of ether oxygens (including phenoxy) is 3. The van der Waals surface area contributed by atoms with E-state index in [1.807, 2.05) is 0 Å². The average molecular weight is 373 g/mol. The molecule has 1 rings (SSSR count). The van der Waals surface area contributed by atoms with E-state index < -0.39 is 6.29 Å². The van der Waals surface area contributed by atoms with Crippen molar-refractivity contribution < 1.29 is 24.1 Å².